The summed E-state index contributed by atoms with van der Waals surface area (Å²) in [5, 5.41) is 8.89. The molecule has 0 radical (unpaired) electrons. The predicted octanol–water partition coefficient (Wildman–Crippen LogP) is 1.80. The van der Waals surface area contributed by atoms with Crippen LogP contribution in [0.3, 0.4) is 0 Å². The van der Waals surface area contributed by atoms with Crippen molar-refractivity contribution in [2.24, 2.45) is 0 Å². The Morgan fingerprint density at radius 1 is 1.15 bits per heavy atom. The van der Waals surface area contributed by atoms with Crippen LogP contribution in [0.15, 0.2) is 35.8 Å². The van der Waals surface area contributed by atoms with Gasteiger partial charge in [0.1, 0.15) is 0 Å². The maximum atomic E-state index is 12.5. The zero-order chi connectivity index (χ0) is 18.6. The molecule has 2 fully saturated rings. The molecule has 27 heavy (non-hydrogen) atoms. The Hall–Kier alpha value is -2.45. The lowest BCUT2D eigenvalue weighted by molar-refractivity contribution is -0.117. The molecule has 1 saturated heterocycles. The van der Waals surface area contributed by atoms with E-state index in [0.29, 0.717) is 17.8 Å². The second-order valence-electron chi connectivity index (χ2n) is 6.92. The smallest absolute Gasteiger partial charge is 0.253 e. The van der Waals surface area contributed by atoms with E-state index >= 15 is 0 Å². The number of thiazole rings is 1. The average molecular weight is 385 g/mol. The molecule has 1 aromatic heterocycles. The number of nitrogens with zero attached hydrogens (tertiary/aromatic N) is 3. The van der Waals surface area contributed by atoms with Crippen molar-refractivity contribution < 1.29 is 9.59 Å². The van der Waals surface area contributed by atoms with Crippen molar-refractivity contribution in [1.29, 1.82) is 0 Å². The second kappa shape index (κ2) is 8.06. The number of hydrogen-bond donors (Lipinski definition) is 2. The molecule has 1 saturated carbocycles. The Morgan fingerprint density at radius 2 is 1.93 bits per heavy atom. The van der Waals surface area contributed by atoms with Crippen LogP contribution in [0.1, 0.15) is 23.2 Å². The van der Waals surface area contributed by atoms with Crippen molar-refractivity contribution >= 4 is 34.0 Å². The first-order chi connectivity index (χ1) is 13.2. The number of rotatable bonds is 6. The number of anilines is 2. The standard InChI is InChI=1S/C19H23N5O2S/c25-17(13-23-8-10-24(11-9-23)19-20-7-12-27-19)22-16-4-2-1-3-15(16)18(26)21-14-5-6-14/h1-4,7,12,14H,5-6,8-11,13H2,(H,21,26)(H,22,25). The zero-order valence-electron chi connectivity index (χ0n) is 15.1. The number of amides is 2. The molecule has 0 atom stereocenters. The van der Waals surface area contributed by atoms with E-state index in [4.69, 9.17) is 0 Å². The van der Waals surface area contributed by atoms with Crippen LogP contribution in [0, 0.1) is 0 Å². The Labute approximate surface area is 162 Å². The number of aromatic nitrogens is 1. The highest BCUT2D eigenvalue weighted by molar-refractivity contribution is 7.13. The van der Waals surface area contributed by atoms with Gasteiger partial charge in [0.05, 0.1) is 17.8 Å². The summed E-state index contributed by atoms with van der Waals surface area (Å²) in [6.07, 6.45) is 3.89. The SMILES string of the molecule is O=C(CN1CCN(c2nccs2)CC1)Nc1ccccc1C(=O)NC1CC1. The third-order valence-corrected chi connectivity index (χ3v) is 5.62. The highest BCUT2D eigenvalue weighted by atomic mass is 32.1. The summed E-state index contributed by atoms with van der Waals surface area (Å²) in [6, 6.07) is 7.46. The van der Waals surface area contributed by atoms with E-state index < -0.39 is 0 Å². The highest BCUT2D eigenvalue weighted by Gasteiger charge is 2.25. The quantitative estimate of drug-likeness (QED) is 0.793. The minimum absolute atomic E-state index is 0.0932. The van der Waals surface area contributed by atoms with Crippen molar-refractivity contribution in [2.45, 2.75) is 18.9 Å². The first kappa shape index (κ1) is 17.9. The Balaban J connectivity index is 1.30. The fraction of sp³-hybridized carbons (Fsp3) is 0.421. The number of nitrogens with one attached hydrogen (secondary N) is 2. The molecule has 1 aromatic carbocycles. The van der Waals surface area contributed by atoms with Gasteiger partial charge in [-0.2, -0.15) is 0 Å². The fourth-order valence-corrected chi connectivity index (χ4v) is 3.84. The van der Waals surface area contributed by atoms with E-state index in [1.807, 2.05) is 23.7 Å². The molecule has 2 amide bonds. The van der Waals surface area contributed by atoms with Crippen molar-refractivity contribution in [3.8, 4) is 0 Å². The van der Waals surface area contributed by atoms with Crippen molar-refractivity contribution in [2.75, 3.05) is 42.9 Å². The first-order valence-electron chi connectivity index (χ1n) is 9.25. The van der Waals surface area contributed by atoms with E-state index in [2.05, 4.69) is 25.4 Å². The summed E-state index contributed by atoms with van der Waals surface area (Å²) >= 11 is 1.64. The number of carbonyl (C=O) groups excluding carboxylic acids is 2. The molecule has 0 bridgehead atoms. The molecular weight excluding hydrogens is 362 g/mol. The number of carbonyl (C=O) groups is 2. The van der Waals surface area contributed by atoms with Gasteiger partial charge < -0.3 is 15.5 Å². The van der Waals surface area contributed by atoms with Crippen LogP contribution in [0.25, 0.3) is 0 Å². The normalized spacial score (nSPS) is 17.6. The highest BCUT2D eigenvalue weighted by Crippen LogP contribution is 2.22. The lowest BCUT2D eigenvalue weighted by Gasteiger charge is -2.34. The van der Waals surface area contributed by atoms with E-state index in [0.717, 1.165) is 44.2 Å². The monoisotopic (exact) mass is 385 g/mol. The van der Waals surface area contributed by atoms with Crippen molar-refractivity contribution in [1.82, 2.24) is 15.2 Å². The van der Waals surface area contributed by atoms with E-state index in [1.54, 1.807) is 23.5 Å². The van der Waals surface area contributed by atoms with Crippen LogP contribution in [-0.2, 0) is 4.79 Å². The van der Waals surface area contributed by atoms with Gasteiger partial charge in [-0.1, -0.05) is 12.1 Å². The van der Waals surface area contributed by atoms with Gasteiger partial charge in [0, 0.05) is 43.8 Å². The molecule has 2 heterocycles. The minimum Gasteiger partial charge on any atom is -0.349 e. The molecule has 4 rings (SSSR count). The van der Waals surface area contributed by atoms with Gasteiger partial charge in [0.15, 0.2) is 5.13 Å². The molecule has 142 valence electrons. The van der Waals surface area contributed by atoms with Gasteiger partial charge in [-0.15, -0.1) is 11.3 Å². The molecule has 1 aliphatic heterocycles. The second-order valence-corrected chi connectivity index (χ2v) is 7.79. The lowest BCUT2D eigenvalue weighted by atomic mass is 10.1. The third kappa shape index (κ3) is 4.64. The topological polar surface area (TPSA) is 77.6 Å². The lowest BCUT2D eigenvalue weighted by Crippen LogP contribution is -2.48. The molecular formula is C19H23N5O2S. The summed E-state index contributed by atoms with van der Waals surface area (Å²) < 4.78 is 0. The van der Waals surface area contributed by atoms with Crippen LogP contribution >= 0.6 is 11.3 Å². The number of para-hydroxylation sites is 1. The molecule has 1 aliphatic carbocycles. The average Bonchev–Trinajstić information content (AvgIpc) is 3.31. The third-order valence-electron chi connectivity index (χ3n) is 4.79. The van der Waals surface area contributed by atoms with Crippen molar-refractivity contribution in [3.63, 3.8) is 0 Å². The minimum atomic E-state index is -0.120. The number of piperazine rings is 1. The zero-order valence-corrected chi connectivity index (χ0v) is 15.9. The van der Waals surface area contributed by atoms with E-state index in [1.165, 1.54) is 0 Å². The summed E-state index contributed by atoms with van der Waals surface area (Å²) in [7, 11) is 0. The van der Waals surface area contributed by atoms with Gasteiger partial charge >= 0.3 is 0 Å². The summed E-state index contributed by atoms with van der Waals surface area (Å²) in [5.74, 6) is -0.213. The maximum absolute atomic E-state index is 12.5. The molecule has 2 N–H and O–H groups in total. The number of benzene rings is 1. The molecule has 2 aromatic rings. The van der Waals surface area contributed by atoms with E-state index in [-0.39, 0.29) is 17.9 Å². The van der Waals surface area contributed by atoms with Crippen LogP contribution < -0.4 is 15.5 Å². The Kier molecular flexibility index (Phi) is 5.35. The molecule has 0 spiro atoms. The largest absolute Gasteiger partial charge is 0.349 e. The van der Waals surface area contributed by atoms with Gasteiger partial charge in [-0.05, 0) is 25.0 Å². The first-order valence-corrected chi connectivity index (χ1v) is 10.1. The van der Waals surface area contributed by atoms with Gasteiger partial charge in [0.25, 0.3) is 5.91 Å². The molecule has 7 nitrogen and oxygen atoms in total. The van der Waals surface area contributed by atoms with Crippen LogP contribution in [0.2, 0.25) is 0 Å². The van der Waals surface area contributed by atoms with Crippen molar-refractivity contribution in [3.05, 3.63) is 41.4 Å². The maximum Gasteiger partial charge on any atom is 0.253 e. The summed E-state index contributed by atoms with van der Waals surface area (Å²) in [6.45, 7) is 3.68. The molecule has 8 heteroatoms. The van der Waals surface area contributed by atoms with Crippen LogP contribution in [-0.4, -0.2) is 60.5 Å². The van der Waals surface area contributed by atoms with Crippen LogP contribution in [0.4, 0.5) is 10.8 Å². The molecule has 2 aliphatic rings. The fourth-order valence-electron chi connectivity index (χ4n) is 3.14. The van der Waals surface area contributed by atoms with Gasteiger partial charge in [-0.25, -0.2) is 4.98 Å². The Morgan fingerprint density at radius 3 is 2.63 bits per heavy atom. The van der Waals surface area contributed by atoms with Crippen LogP contribution in [0.5, 0.6) is 0 Å². The molecule has 0 unspecified atom stereocenters. The van der Waals surface area contributed by atoms with E-state index in [9.17, 15) is 9.59 Å². The Bertz CT molecular complexity index is 798. The van der Waals surface area contributed by atoms with Gasteiger partial charge in [0.2, 0.25) is 5.91 Å². The number of hydrogen-bond acceptors (Lipinski definition) is 6. The summed E-state index contributed by atoms with van der Waals surface area (Å²) in [5.41, 5.74) is 1.09. The predicted molar refractivity (Wildman–Crippen MR) is 106 cm³/mol. The summed E-state index contributed by atoms with van der Waals surface area (Å²) in [4.78, 5) is 33.6. The van der Waals surface area contributed by atoms with Gasteiger partial charge in [-0.3, -0.25) is 14.5 Å².